The molecule has 1 aliphatic rings. The quantitative estimate of drug-likeness (QED) is 0.780. The predicted molar refractivity (Wildman–Crippen MR) is 74.5 cm³/mol. The second kappa shape index (κ2) is 7.51. The Morgan fingerprint density at radius 1 is 1.32 bits per heavy atom. The number of hydrogen-bond acceptors (Lipinski definition) is 3. The maximum absolute atomic E-state index is 12.2. The monoisotopic (exact) mass is 269 g/mol. The van der Waals surface area contributed by atoms with Crippen LogP contribution in [-0.2, 0) is 14.3 Å². The molecule has 4 nitrogen and oxygen atoms in total. The third-order valence-electron chi connectivity index (χ3n) is 4.07. The predicted octanol–water partition coefficient (Wildman–Crippen LogP) is 2.37. The van der Waals surface area contributed by atoms with Crippen LogP contribution >= 0.6 is 0 Å². The van der Waals surface area contributed by atoms with E-state index >= 15 is 0 Å². The first-order valence-electron chi connectivity index (χ1n) is 7.39. The molecule has 0 aromatic carbocycles. The van der Waals surface area contributed by atoms with Crippen molar-refractivity contribution in [2.24, 2.45) is 23.7 Å². The summed E-state index contributed by atoms with van der Waals surface area (Å²) in [5.41, 5.74) is 0. The maximum atomic E-state index is 12.2. The lowest BCUT2D eigenvalue weighted by Gasteiger charge is -2.36. The van der Waals surface area contributed by atoms with Crippen LogP contribution in [0.3, 0.4) is 0 Å². The molecule has 0 unspecified atom stereocenters. The summed E-state index contributed by atoms with van der Waals surface area (Å²) in [4.78, 5) is 23.5. The number of carbonyl (C=O) groups is 2. The summed E-state index contributed by atoms with van der Waals surface area (Å²) in [5.74, 6) is 1.22. The number of hydrogen-bond donors (Lipinski definition) is 1. The van der Waals surface area contributed by atoms with E-state index in [9.17, 15) is 9.59 Å². The number of carbonyl (C=O) groups excluding carboxylic acids is 2. The topological polar surface area (TPSA) is 55.4 Å². The third kappa shape index (κ3) is 4.84. The summed E-state index contributed by atoms with van der Waals surface area (Å²) in [6.07, 6.45) is 3.23. The van der Waals surface area contributed by atoms with Crippen molar-refractivity contribution in [1.29, 1.82) is 0 Å². The first-order valence-corrected chi connectivity index (χ1v) is 7.39. The number of amides is 1. The molecule has 1 rings (SSSR count). The SMILES string of the molecule is CCOC(=O)CNC(=O)[C@H]1C[C@@H](C)CC[C@@H]1C(C)C. The van der Waals surface area contributed by atoms with Crippen molar-refractivity contribution < 1.29 is 14.3 Å². The molecule has 0 spiro atoms. The highest BCUT2D eigenvalue weighted by molar-refractivity contribution is 5.83. The van der Waals surface area contributed by atoms with Crippen LogP contribution < -0.4 is 5.32 Å². The summed E-state index contributed by atoms with van der Waals surface area (Å²) < 4.78 is 4.82. The van der Waals surface area contributed by atoms with Crippen molar-refractivity contribution in [2.45, 2.75) is 47.0 Å². The molecule has 0 aromatic rings. The highest BCUT2D eigenvalue weighted by Crippen LogP contribution is 2.37. The first-order chi connectivity index (χ1) is 8.95. The van der Waals surface area contributed by atoms with Gasteiger partial charge in [0.25, 0.3) is 0 Å². The van der Waals surface area contributed by atoms with Crippen LogP contribution in [0.25, 0.3) is 0 Å². The van der Waals surface area contributed by atoms with Crippen LogP contribution in [0.2, 0.25) is 0 Å². The minimum Gasteiger partial charge on any atom is -0.465 e. The molecule has 19 heavy (non-hydrogen) atoms. The second-order valence-corrected chi connectivity index (χ2v) is 5.96. The average molecular weight is 269 g/mol. The molecule has 1 saturated carbocycles. The van der Waals surface area contributed by atoms with Gasteiger partial charge in [0.05, 0.1) is 6.61 Å². The highest BCUT2D eigenvalue weighted by Gasteiger charge is 2.35. The van der Waals surface area contributed by atoms with Crippen molar-refractivity contribution in [3.8, 4) is 0 Å². The maximum Gasteiger partial charge on any atom is 0.325 e. The van der Waals surface area contributed by atoms with Crippen LogP contribution in [0.15, 0.2) is 0 Å². The van der Waals surface area contributed by atoms with E-state index in [1.165, 1.54) is 6.42 Å². The Bertz CT molecular complexity index is 315. The Morgan fingerprint density at radius 2 is 2.00 bits per heavy atom. The molecule has 1 aliphatic carbocycles. The molecule has 0 aliphatic heterocycles. The van der Waals surface area contributed by atoms with E-state index in [0.29, 0.717) is 24.4 Å². The van der Waals surface area contributed by atoms with E-state index in [1.54, 1.807) is 6.92 Å². The van der Waals surface area contributed by atoms with Gasteiger partial charge in [-0.05, 0) is 37.5 Å². The largest absolute Gasteiger partial charge is 0.465 e. The van der Waals surface area contributed by atoms with E-state index in [0.717, 1.165) is 12.8 Å². The molecule has 0 aromatic heterocycles. The number of esters is 1. The zero-order chi connectivity index (χ0) is 14.4. The van der Waals surface area contributed by atoms with Gasteiger partial charge in [-0.25, -0.2) is 0 Å². The van der Waals surface area contributed by atoms with Gasteiger partial charge < -0.3 is 10.1 Å². The van der Waals surface area contributed by atoms with Crippen molar-refractivity contribution >= 4 is 11.9 Å². The average Bonchev–Trinajstić information content (AvgIpc) is 2.35. The van der Waals surface area contributed by atoms with Crippen LogP contribution in [0.4, 0.5) is 0 Å². The van der Waals surface area contributed by atoms with Gasteiger partial charge in [-0.15, -0.1) is 0 Å². The lowest BCUT2D eigenvalue weighted by atomic mass is 9.70. The Kier molecular flexibility index (Phi) is 6.32. The molecule has 1 amide bonds. The summed E-state index contributed by atoms with van der Waals surface area (Å²) in [7, 11) is 0. The van der Waals surface area contributed by atoms with Gasteiger partial charge in [0, 0.05) is 5.92 Å². The van der Waals surface area contributed by atoms with Crippen molar-refractivity contribution in [1.82, 2.24) is 5.32 Å². The Morgan fingerprint density at radius 3 is 2.58 bits per heavy atom. The van der Waals surface area contributed by atoms with Crippen LogP contribution in [0.1, 0.15) is 47.0 Å². The summed E-state index contributed by atoms with van der Waals surface area (Å²) in [6.45, 7) is 8.64. The summed E-state index contributed by atoms with van der Waals surface area (Å²) in [5, 5.41) is 2.73. The molecule has 110 valence electrons. The zero-order valence-corrected chi connectivity index (χ0v) is 12.6. The number of nitrogens with one attached hydrogen (secondary N) is 1. The molecule has 0 heterocycles. The highest BCUT2D eigenvalue weighted by atomic mass is 16.5. The third-order valence-corrected chi connectivity index (χ3v) is 4.07. The molecular formula is C15H27NO3. The fourth-order valence-corrected chi connectivity index (χ4v) is 3.01. The smallest absolute Gasteiger partial charge is 0.325 e. The van der Waals surface area contributed by atoms with E-state index in [-0.39, 0.29) is 24.3 Å². The van der Waals surface area contributed by atoms with Gasteiger partial charge in [-0.1, -0.05) is 27.2 Å². The van der Waals surface area contributed by atoms with Crippen LogP contribution in [-0.4, -0.2) is 25.0 Å². The van der Waals surface area contributed by atoms with E-state index < -0.39 is 0 Å². The van der Waals surface area contributed by atoms with Crippen LogP contribution in [0.5, 0.6) is 0 Å². The standard InChI is InChI=1S/C15H27NO3/c1-5-19-14(17)9-16-15(18)13-8-11(4)6-7-12(13)10(2)3/h10-13H,5-9H2,1-4H3,(H,16,18)/t11-,12+,13-/m0/s1. The van der Waals surface area contributed by atoms with E-state index in [1.807, 2.05) is 0 Å². The van der Waals surface area contributed by atoms with Crippen molar-refractivity contribution in [3.05, 3.63) is 0 Å². The van der Waals surface area contributed by atoms with Crippen molar-refractivity contribution in [3.63, 3.8) is 0 Å². The van der Waals surface area contributed by atoms with Crippen LogP contribution in [0, 0.1) is 23.7 Å². The molecule has 1 N–H and O–H groups in total. The lowest BCUT2D eigenvalue weighted by molar-refractivity contribution is -0.144. The summed E-state index contributed by atoms with van der Waals surface area (Å²) in [6, 6.07) is 0. The van der Waals surface area contributed by atoms with Gasteiger partial charge in [-0.3, -0.25) is 9.59 Å². The number of ether oxygens (including phenoxy) is 1. The second-order valence-electron chi connectivity index (χ2n) is 5.96. The Hall–Kier alpha value is -1.06. The van der Waals surface area contributed by atoms with Gasteiger partial charge in [0.1, 0.15) is 6.54 Å². The Labute approximate surface area is 116 Å². The molecule has 3 atom stereocenters. The molecular weight excluding hydrogens is 242 g/mol. The van der Waals surface area contributed by atoms with Gasteiger partial charge in [0.2, 0.25) is 5.91 Å². The van der Waals surface area contributed by atoms with Gasteiger partial charge in [0.15, 0.2) is 0 Å². The molecule has 4 heteroatoms. The molecule has 1 fully saturated rings. The minimum atomic E-state index is -0.360. The lowest BCUT2D eigenvalue weighted by Crippen LogP contribution is -2.42. The van der Waals surface area contributed by atoms with E-state index in [2.05, 4.69) is 26.1 Å². The fourth-order valence-electron chi connectivity index (χ4n) is 3.01. The number of rotatable bonds is 5. The fraction of sp³-hybridized carbons (Fsp3) is 0.867. The molecule has 0 saturated heterocycles. The normalized spacial score (nSPS) is 27.1. The van der Waals surface area contributed by atoms with Crippen molar-refractivity contribution in [2.75, 3.05) is 13.2 Å². The molecule has 0 bridgehead atoms. The minimum absolute atomic E-state index is 0.0115. The zero-order valence-electron chi connectivity index (χ0n) is 12.6. The Balaban J connectivity index is 2.53. The first kappa shape index (κ1) is 16.0. The molecule has 0 radical (unpaired) electrons. The summed E-state index contributed by atoms with van der Waals surface area (Å²) >= 11 is 0. The van der Waals surface area contributed by atoms with E-state index in [4.69, 9.17) is 4.74 Å². The van der Waals surface area contributed by atoms with Gasteiger partial charge in [-0.2, -0.15) is 0 Å². The van der Waals surface area contributed by atoms with Gasteiger partial charge >= 0.3 is 5.97 Å².